The van der Waals surface area contributed by atoms with Gasteiger partial charge in [0.05, 0.1) is 29.3 Å². The molecule has 1 amide bonds. The topological polar surface area (TPSA) is 124 Å². The predicted molar refractivity (Wildman–Crippen MR) is 89.2 cm³/mol. The van der Waals surface area contributed by atoms with Crippen LogP contribution in [0.25, 0.3) is 0 Å². The van der Waals surface area contributed by atoms with E-state index in [4.69, 9.17) is 5.73 Å². The molecule has 2 fully saturated rings. The number of benzene rings is 1. The van der Waals surface area contributed by atoms with Gasteiger partial charge in [-0.25, -0.2) is 0 Å². The van der Waals surface area contributed by atoms with E-state index < -0.39 is 28.7 Å². The van der Waals surface area contributed by atoms with Crippen molar-refractivity contribution in [3.63, 3.8) is 0 Å². The van der Waals surface area contributed by atoms with Crippen LogP contribution in [0, 0.1) is 5.92 Å². The number of amides is 1. The molecule has 0 aliphatic carbocycles. The third kappa shape index (κ3) is 3.53. The Kier molecular flexibility index (Phi) is 6.14. The van der Waals surface area contributed by atoms with Crippen molar-refractivity contribution < 1.29 is 54.2 Å². The van der Waals surface area contributed by atoms with Crippen LogP contribution in [0.4, 0.5) is 0 Å². The first kappa shape index (κ1) is 21.2. The average Bonchev–Trinajstić information content (AvgIpc) is 2.80. The molecule has 2 heterocycles. The summed E-state index contributed by atoms with van der Waals surface area (Å²) < 4.78 is -0.671. The maximum atomic E-state index is 12.4. The van der Waals surface area contributed by atoms with E-state index in [9.17, 15) is 24.6 Å². The number of rotatable bonds is 5. The van der Waals surface area contributed by atoms with Gasteiger partial charge in [-0.05, 0) is 31.5 Å². The van der Waals surface area contributed by atoms with Gasteiger partial charge >= 0.3 is 29.6 Å². The molecule has 2 aliphatic rings. The minimum Gasteiger partial charge on any atom is -0.548 e. The zero-order valence-corrected chi connectivity index (χ0v) is 17.7. The second-order valence-electron chi connectivity index (χ2n) is 6.93. The van der Waals surface area contributed by atoms with Crippen LogP contribution < -0.4 is 40.4 Å². The van der Waals surface area contributed by atoms with Gasteiger partial charge in [-0.2, -0.15) is 0 Å². The predicted octanol–water partition coefficient (Wildman–Crippen LogP) is -3.22. The van der Waals surface area contributed by atoms with Crippen molar-refractivity contribution in [2.24, 2.45) is 11.7 Å². The van der Waals surface area contributed by atoms with Crippen molar-refractivity contribution in [2.45, 2.75) is 42.5 Å². The number of hydrogen-bond donors (Lipinski definition) is 2. The van der Waals surface area contributed by atoms with Crippen molar-refractivity contribution in [3.05, 3.63) is 29.8 Å². The quantitative estimate of drug-likeness (QED) is 0.403. The minimum atomic E-state index is -1.28. The number of phenolic OH excluding ortho intramolecular Hbond substituents is 1. The van der Waals surface area contributed by atoms with E-state index in [1.807, 2.05) is 0 Å². The number of carboxylic acid groups (broad SMARTS) is 1. The second-order valence-corrected chi connectivity index (χ2v) is 8.70. The monoisotopic (exact) mass is 386 g/mol. The van der Waals surface area contributed by atoms with Crippen LogP contribution in [0.3, 0.4) is 0 Å². The Morgan fingerprint density at radius 1 is 1.35 bits per heavy atom. The first-order chi connectivity index (χ1) is 11.6. The standard InChI is InChI=1S/C17H20N2O5S.Na/c1-17(2)13(16(23)24)19-14(22)10(15(19)25-17)7-11(21)12(18)8-3-5-9(20)6-4-8;/h3-6,10,12-13,15,20H,7,18H2,1-2H3,(H,23,24);/q;+1/p-1. The number of thioether (sulfide) groups is 1. The molecule has 4 unspecified atom stereocenters. The number of aromatic hydroxyl groups is 1. The van der Waals surface area contributed by atoms with Crippen LogP contribution in [-0.2, 0) is 14.4 Å². The summed E-state index contributed by atoms with van der Waals surface area (Å²) in [6, 6.07) is 4.13. The summed E-state index contributed by atoms with van der Waals surface area (Å²) in [5.74, 6) is -2.41. The van der Waals surface area contributed by atoms with Gasteiger partial charge in [-0.15, -0.1) is 11.8 Å². The Balaban J connectivity index is 0.00000243. The van der Waals surface area contributed by atoms with Crippen molar-refractivity contribution in [1.82, 2.24) is 4.90 Å². The number of ketones is 1. The third-order valence-corrected chi connectivity index (χ3v) is 6.42. The molecular formula is C17H19N2NaO5S. The molecule has 134 valence electrons. The molecule has 3 rings (SSSR count). The molecular weight excluding hydrogens is 367 g/mol. The van der Waals surface area contributed by atoms with Crippen molar-refractivity contribution in [3.8, 4) is 5.75 Å². The Morgan fingerprint density at radius 3 is 2.46 bits per heavy atom. The summed E-state index contributed by atoms with van der Waals surface area (Å²) in [5.41, 5.74) is 6.51. The van der Waals surface area contributed by atoms with Gasteiger partial charge in [-0.3, -0.25) is 9.59 Å². The Bertz CT molecular complexity index is 739. The molecule has 1 aromatic rings. The van der Waals surface area contributed by atoms with Crippen LogP contribution in [-0.4, -0.2) is 43.8 Å². The summed E-state index contributed by atoms with van der Waals surface area (Å²) in [5, 5.41) is 20.3. The molecule has 3 N–H and O–H groups in total. The summed E-state index contributed by atoms with van der Waals surface area (Å²) in [6.45, 7) is 3.51. The maximum Gasteiger partial charge on any atom is 1.00 e. The number of fused-ring (bicyclic) bond motifs is 1. The fourth-order valence-electron chi connectivity index (χ4n) is 3.47. The zero-order valence-electron chi connectivity index (χ0n) is 14.8. The minimum absolute atomic E-state index is 0. The summed E-state index contributed by atoms with van der Waals surface area (Å²) >= 11 is 1.38. The molecule has 0 spiro atoms. The molecule has 4 atom stereocenters. The van der Waals surface area contributed by atoms with E-state index >= 15 is 0 Å². The van der Waals surface area contributed by atoms with Gasteiger partial charge in [0.25, 0.3) is 0 Å². The molecule has 2 aliphatic heterocycles. The van der Waals surface area contributed by atoms with E-state index in [0.717, 1.165) is 0 Å². The summed E-state index contributed by atoms with van der Waals surface area (Å²) in [7, 11) is 0. The van der Waals surface area contributed by atoms with Crippen LogP contribution in [0.5, 0.6) is 5.75 Å². The normalized spacial score (nSPS) is 27.1. The van der Waals surface area contributed by atoms with Gasteiger partial charge in [0.15, 0.2) is 5.78 Å². The SMILES string of the molecule is CC1(C)SC2C(CC(=O)C(N)c3ccc(O)cc3)C(=O)N2C1C(=O)[O-].[Na+]. The second kappa shape index (κ2) is 7.52. The van der Waals surface area contributed by atoms with Crippen molar-refractivity contribution >= 4 is 29.4 Å². The summed E-state index contributed by atoms with van der Waals surface area (Å²) in [4.78, 5) is 37.5. The van der Waals surface area contributed by atoms with E-state index in [0.29, 0.717) is 5.56 Å². The van der Waals surface area contributed by atoms with Gasteiger partial charge < -0.3 is 25.6 Å². The number of hydrogen-bond acceptors (Lipinski definition) is 7. The van der Waals surface area contributed by atoms with Gasteiger partial charge in [0.1, 0.15) is 5.75 Å². The molecule has 9 heteroatoms. The Labute approximate surface area is 177 Å². The van der Waals surface area contributed by atoms with E-state index in [2.05, 4.69) is 0 Å². The largest absolute Gasteiger partial charge is 1.00 e. The fourth-order valence-corrected chi connectivity index (χ4v) is 5.15. The molecule has 26 heavy (non-hydrogen) atoms. The third-order valence-electron chi connectivity index (χ3n) is 4.79. The molecule has 0 radical (unpaired) electrons. The Morgan fingerprint density at radius 2 is 1.92 bits per heavy atom. The average molecular weight is 386 g/mol. The fraction of sp³-hybridized carbons (Fsp3) is 0.471. The van der Waals surface area contributed by atoms with Crippen molar-refractivity contribution in [2.75, 3.05) is 0 Å². The molecule has 1 aromatic carbocycles. The number of carboxylic acids is 1. The molecule has 0 aromatic heterocycles. The molecule has 0 saturated carbocycles. The van der Waals surface area contributed by atoms with Crippen LogP contribution in [0.15, 0.2) is 24.3 Å². The number of nitrogens with zero attached hydrogens (tertiary/aromatic N) is 1. The molecule has 0 bridgehead atoms. The first-order valence-corrected chi connectivity index (χ1v) is 8.79. The molecule has 2 saturated heterocycles. The number of carbonyl (C=O) groups excluding carboxylic acids is 3. The number of carbonyl (C=O) groups is 3. The number of phenols is 1. The first-order valence-electron chi connectivity index (χ1n) is 7.91. The number of β-lactam (4-membered cyclic amide) rings is 1. The van der Waals surface area contributed by atoms with Crippen molar-refractivity contribution in [1.29, 1.82) is 0 Å². The Hall–Kier alpha value is -1.06. The number of aliphatic carboxylic acids is 1. The summed E-state index contributed by atoms with van der Waals surface area (Å²) in [6.07, 6.45) is -0.0368. The van der Waals surface area contributed by atoms with Gasteiger partial charge in [0, 0.05) is 11.2 Å². The van der Waals surface area contributed by atoms with Gasteiger partial charge in [0.2, 0.25) is 5.91 Å². The molecule has 7 nitrogen and oxygen atoms in total. The van der Waals surface area contributed by atoms with Crippen LogP contribution in [0.1, 0.15) is 31.9 Å². The van der Waals surface area contributed by atoms with Crippen LogP contribution >= 0.6 is 11.8 Å². The number of nitrogens with two attached hydrogens (primary N) is 1. The van der Waals surface area contributed by atoms with E-state index in [1.165, 1.54) is 28.8 Å². The van der Waals surface area contributed by atoms with E-state index in [1.54, 1.807) is 26.0 Å². The van der Waals surface area contributed by atoms with Gasteiger partial charge in [-0.1, -0.05) is 12.1 Å². The number of Topliss-reactive ketones (excluding diaryl/α,β-unsaturated/α-hetero) is 1. The maximum absolute atomic E-state index is 12.4. The zero-order chi connectivity index (χ0) is 18.5. The van der Waals surface area contributed by atoms with Crippen LogP contribution in [0.2, 0.25) is 0 Å². The van der Waals surface area contributed by atoms with E-state index in [-0.39, 0.29) is 58.8 Å². The smallest absolute Gasteiger partial charge is 0.548 e.